The summed E-state index contributed by atoms with van der Waals surface area (Å²) >= 11 is 0. The van der Waals surface area contributed by atoms with Crippen molar-refractivity contribution in [1.82, 2.24) is 10.6 Å². The summed E-state index contributed by atoms with van der Waals surface area (Å²) in [4.78, 5) is 15.2. The van der Waals surface area contributed by atoms with Crippen LogP contribution in [0.2, 0.25) is 0 Å². The van der Waals surface area contributed by atoms with Gasteiger partial charge in [0.05, 0.1) is 13.2 Å². The second-order valence-electron chi connectivity index (χ2n) is 3.77. The highest BCUT2D eigenvalue weighted by molar-refractivity contribution is 5.94. The van der Waals surface area contributed by atoms with Gasteiger partial charge >= 0.3 is 6.09 Å². The lowest BCUT2D eigenvalue weighted by Crippen LogP contribution is -2.37. The molecule has 1 aliphatic rings. The third-order valence-corrected chi connectivity index (χ3v) is 2.46. The Morgan fingerprint density at radius 2 is 2.11 bits per heavy atom. The number of phenols is 2. The van der Waals surface area contributed by atoms with E-state index >= 15 is 0 Å². The number of rotatable bonds is 1. The van der Waals surface area contributed by atoms with Crippen molar-refractivity contribution in [3.05, 3.63) is 23.8 Å². The van der Waals surface area contributed by atoms with E-state index in [0.717, 1.165) is 0 Å². The SMILES string of the molecule is COC(=O)NC1=NC(c2cc(O)cc(O)c2)CN1. The predicted octanol–water partition coefficient (Wildman–Crippen LogP) is 0.454. The van der Waals surface area contributed by atoms with E-state index in [1.54, 1.807) is 0 Å². The fourth-order valence-electron chi connectivity index (χ4n) is 1.67. The average Bonchev–Trinajstić information content (AvgIpc) is 2.76. The number of benzene rings is 1. The van der Waals surface area contributed by atoms with Crippen molar-refractivity contribution >= 4 is 12.1 Å². The number of hydrogen-bond acceptors (Lipinski definition) is 6. The number of hydrogen-bond donors (Lipinski definition) is 4. The van der Waals surface area contributed by atoms with Gasteiger partial charge in [0.25, 0.3) is 0 Å². The minimum Gasteiger partial charge on any atom is -0.508 e. The van der Waals surface area contributed by atoms with Gasteiger partial charge < -0.3 is 20.3 Å². The lowest BCUT2D eigenvalue weighted by atomic mass is 10.1. The van der Waals surface area contributed by atoms with E-state index in [-0.39, 0.29) is 17.5 Å². The van der Waals surface area contributed by atoms with Crippen molar-refractivity contribution in [3.8, 4) is 11.5 Å². The fourth-order valence-corrected chi connectivity index (χ4v) is 1.67. The zero-order valence-electron chi connectivity index (χ0n) is 9.67. The fraction of sp³-hybridized carbons (Fsp3) is 0.273. The van der Waals surface area contributed by atoms with E-state index in [0.29, 0.717) is 18.1 Å². The first-order valence-corrected chi connectivity index (χ1v) is 5.28. The zero-order valence-corrected chi connectivity index (χ0v) is 9.67. The normalized spacial score (nSPS) is 17.8. The van der Waals surface area contributed by atoms with Gasteiger partial charge in [-0.3, -0.25) is 5.32 Å². The van der Waals surface area contributed by atoms with E-state index in [2.05, 4.69) is 20.4 Å². The number of aromatic hydroxyl groups is 2. The quantitative estimate of drug-likeness (QED) is 0.580. The molecule has 2 rings (SSSR count). The monoisotopic (exact) mass is 251 g/mol. The van der Waals surface area contributed by atoms with Crippen LogP contribution in [0.15, 0.2) is 23.2 Å². The van der Waals surface area contributed by atoms with E-state index in [1.807, 2.05) is 0 Å². The molecule has 0 aromatic heterocycles. The van der Waals surface area contributed by atoms with Crippen LogP contribution in [0, 0.1) is 0 Å². The Kier molecular flexibility index (Phi) is 3.22. The molecule has 1 heterocycles. The third-order valence-electron chi connectivity index (χ3n) is 2.46. The van der Waals surface area contributed by atoms with Crippen molar-refractivity contribution in [2.45, 2.75) is 6.04 Å². The van der Waals surface area contributed by atoms with Crippen molar-refractivity contribution < 1.29 is 19.7 Å². The van der Waals surface area contributed by atoms with Crippen LogP contribution in [0.3, 0.4) is 0 Å². The highest BCUT2D eigenvalue weighted by atomic mass is 16.5. The van der Waals surface area contributed by atoms with Gasteiger partial charge in [-0.05, 0) is 17.7 Å². The molecule has 1 atom stereocenters. The van der Waals surface area contributed by atoms with E-state index in [4.69, 9.17) is 0 Å². The molecule has 18 heavy (non-hydrogen) atoms. The van der Waals surface area contributed by atoms with Gasteiger partial charge in [-0.1, -0.05) is 0 Å². The minimum atomic E-state index is -0.611. The lowest BCUT2D eigenvalue weighted by molar-refractivity contribution is 0.176. The Bertz CT molecular complexity index is 481. The number of alkyl carbamates (subject to hydrolysis) is 1. The molecule has 1 aromatic carbocycles. The summed E-state index contributed by atoms with van der Waals surface area (Å²) in [5, 5.41) is 24.1. The number of ether oxygens (including phenoxy) is 1. The minimum absolute atomic E-state index is 0.0328. The summed E-state index contributed by atoms with van der Waals surface area (Å²) in [7, 11) is 1.26. The molecule has 4 N–H and O–H groups in total. The molecule has 1 unspecified atom stereocenters. The van der Waals surface area contributed by atoms with Crippen LogP contribution in [-0.4, -0.2) is 35.9 Å². The molecule has 96 valence electrons. The van der Waals surface area contributed by atoms with Crippen molar-refractivity contribution in [1.29, 1.82) is 0 Å². The summed E-state index contributed by atoms with van der Waals surface area (Å²) in [5.74, 6) is 0.235. The van der Waals surface area contributed by atoms with Crippen molar-refractivity contribution in [2.75, 3.05) is 13.7 Å². The number of guanidine groups is 1. The first kappa shape index (κ1) is 12.0. The summed E-state index contributed by atoms with van der Waals surface area (Å²) in [6.45, 7) is 0.461. The number of carbonyl (C=O) groups is 1. The Labute approximate surface area is 103 Å². The molecule has 7 nitrogen and oxygen atoms in total. The van der Waals surface area contributed by atoms with Crippen LogP contribution in [0.5, 0.6) is 11.5 Å². The molecule has 1 amide bonds. The maximum atomic E-state index is 11.0. The van der Waals surface area contributed by atoms with Gasteiger partial charge in [0.1, 0.15) is 11.5 Å². The molecule has 1 aromatic rings. The van der Waals surface area contributed by atoms with Gasteiger partial charge in [0.2, 0.25) is 5.96 Å². The summed E-state index contributed by atoms with van der Waals surface area (Å²) < 4.78 is 4.44. The molecule has 7 heteroatoms. The molecule has 0 spiro atoms. The highest BCUT2D eigenvalue weighted by Gasteiger charge is 2.21. The Balaban J connectivity index is 2.13. The van der Waals surface area contributed by atoms with Crippen molar-refractivity contribution in [3.63, 3.8) is 0 Å². The Morgan fingerprint density at radius 3 is 2.72 bits per heavy atom. The molecule has 0 aliphatic carbocycles. The highest BCUT2D eigenvalue weighted by Crippen LogP contribution is 2.27. The second-order valence-corrected chi connectivity index (χ2v) is 3.77. The summed E-state index contributed by atoms with van der Waals surface area (Å²) in [6, 6.07) is 3.98. The summed E-state index contributed by atoms with van der Waals surface area (Å²) in [5.41, 5.74) is 0.654. The van der Waals surface area contributed by atoms with E-state index in [1.165, 1.54) is 25.3 Å². The standard InChI is InChI=1S/C11H13N3O4/c1-18-11(17)14-10-12-5-9(13-10)6-2-7(15)4-8(16)3-6/h2-4,9,15-16H,5H2,1H3,(H2,12,13,14,17). The van der Waals surface area contributed by atoms with Crippen LogP contribution in [0.25, 0.3) is 0 Å². The van der Waals surface area contributed by atoms with E-state index in [9.17, 15) is 15.0 Å². The third kappa shape index (κ3) is 2.62. The molecule has 0 radical (unpaired) electrons. The largest absolute Gasteiger partial charge is 0.508 e. The Morgan fingerprint density at radius 1 is 1.44 bits per heavy atom. The van der Waals surface area contributed by atoms with Crippen LogP contribution < -0.4 is 10.6 Å². The predicted molar refractivity (Wildman–Crippen MR) is 63.5 cm³/mol. The first-order chi connectivity index (χ1) is 8.58. The van der Waals surface area contributed by atoms with Crippen LogP contribution in [0.4, 0.5) is 4.79 Å². The van der Waals surface area contributed by atoms with Crippen LogP contribution in [-0.2, 0) is 4.74 Å². The number of nitrogens with one attached hydrogen (secondary N) is 2. The maximum Gasteiger partial charge on any atom is 0.413 e. The molecule has 1 aliphatic heterocycles. The number of amides is 1. The molecule has 0 fully saturated rings. The first-order valence-electron chi connectivity index (χ1n) is 5.28. The Hall–Kier alpha value is -2.44. The number of nitrogens with zero attached hydrogens (tertiary/aromatic N) is 1. The van der Waals surface area contributed by atoms with Gasteiger partial charge in [0.15, 0.2) is 0 Å². The summed E-state index contributed by atoms with van der Waals surface area (Å²) in [6.07, 6.45) is -0.611. The number of aliphatic imine (C=N–C) groups is 1. The molecular weight excluding hydrogens is 238 g/mol. The van der Waals surface area contributed by atoms with Gasteiger partial charge in [-0.2, -0.15) is 0 Å². The lowest BCUT2D eigenvalue weighted by Gasteiger charge is -2.07. The average molecular weight is 251 g/mol. The topological polar surface area (TPSA) is 103 Å². The smallest absolute Gasteiger partial charge is 0.413 e. The maximum absolute atomic E-state index is 11.0. The molecule has 0 saturated heterocycles. The molecule has 0 saturated carbocycles. The second kappa shape index (κ2) is 4.82. The van der Waals surface area contributed by atoms with Crippen molar-refractivity contribution in [2.24, 2.45) is 4.99 Å². The van der Waals surface area contributed by atoms with Crippen LogP contribution in [0.1, 0.15) is 11.6 Å². The molecule has 0 bridgehead atoms. The zero-order chi connectivity index (χ0) is 13.1. The van der Waals surface area contributed by atoms with Crippen LogP contribution >= 0.6 is 0 Å². The number of phenolic OH excluding ortho intramolecular Hbond substituents is 2. The van der Waals surface area contributed by atoms with Gasteiger partial charge in [-0.15, -0.1) is 0 Å². The van der Waals surface area contributed by atoms with Gasteiger partial charge in [-0.25, -0.2) is 9.79 Å². The van der Waals surface area contributed by atoms with Gasteiger partial charge in [0, 0.05) is 12.6 Å². The number of methoxy groups -OCH3 is 1. The number of carbonyl (C=O) groups excluding carboxylic acids is 1. The molecular formula is C11H13N3O4. The van der Waals surface area contributed by atoms with E-state index < -0.39 is 6.09 Å².